The molecule has 0 spiro atoms. The van der Waals surface area contributed by atoms with E-state index in [2.05, 4.69) is 0 Å². The molecular formula is C14H19N2O2P. The first kappa shape index (κ1) is 14.1. The van der Waals surface area contributed by atoms with Crippen molar-refractivity contribution in [3.8, 4) is 5.75 Å². The number of phenolic OH excluding ortho intramolecular Hbond substituents is 1. The predicted octanol–water partition coefficient (Wildman–Crippen LogP) is 2.49. The van der Waals surface area contributed by atoms with Crippen LogP contribution in [0.3, 0.4) is 0 Å². The molecule has 0 atom stereocenters. The Labute approximate surface area is 113 Å². The maximum Gasteiger partial charge on any atom is 0.248 e. The Kier molecular flexibility index (Phi) is 3.68. The van der Waals surface area contributed by atoms with Gasteiger partial charge in [0, 0.05) is 5.39 Å². The minimum Gasteiger partial charge on any atom is -0.506 e. The second-order valence-corrected chi connectivity index (χ2v) is 8.06. The van der Waals surface area contributed by atoms with Gasteiger partial charge in [-0.1, -0.05) is 30.3 Å². The van der Waals surface area contributed by atoms with E-state index in [4.69, 9.17) is 0 Å². The summed E-state index contributed by atoms with van der Waals surface area (Å²) in [6.45, 7) is 0. The maximum absolute atomic E-state index is 13.2. The highest BCUT2D eigenvalue weighted by Gasteiger charge is 2.33. The molecule has 2 aromatic carbocycles. The molecule has 0 bridgehead atoms. The molecule has 0 saturated carbocycles. The number of fused-ring (bicyclic) bond motifs is 1. The van der Waals surface area contributed by atoms with Crippen molar-refractivity contribution in [2.45, 2.75) is 0 Å². The minimum absolute atomic E-state index is 0.101. The molecule has 0 aliphatic carbocycles. The van der Waals surface area contributed by atoms with Crippen molar-refractivity contribution < 1.29 is 9.67 Å². The van der Waals surface area contributed by atoms with Gasteiger partial charge in [0.1, 0.15) is 5.75 Å². The third-order valence-electron chi connectivity index (χ3n) is 3.28. The summed E-state index contributed by atoms with van der Waals surface area (Å²) >= 11 is 0. The van der Waals surface area contributed by atoms with Crippen LogP contribution in [-0.2, 0) is 4.57 Å². The first-order valence-corrected chi connectivity index (χ1v) is 7.67. The van der Waals surface area contributed by atoms with Crippen molar-refractivity contribution in [3.63, 3.8) is 0 Å². The van der Waals surface area contributed by atoms with Gasteiger partial charge in [0.25, 0.3) is 0 Å². The molecular weight excluding hydrogens is 259 g/mol. The Hall–Kier alpha value is -1.35. The van der Waals surface area contributed by atoms with E-state index >= 15 is 0 Å². The maximum atomic E-state index is 13.2. The van der Waals surface area contributed by atoms with Gasteiger partial charge in [-0.25, -0.2) is 9.34 Å². The van der Waals surface area contributed by atoms with E-state index in [0.29, 0.717) is 5.30 Å². The fraction of sp³-hybridized carbons (Fsp3) is 0.286. The monoisotopic (exact) mass is 278 g/mol. The smallest absolute Gasteiger partial charge is 0.248 e. The third-order valence-corrected chi connectivity index (χ3v) is 6.43. The van der Waals surface area contributed by atoms with Crippen LogP contribution in [0, 0.1) is 0 Å². The number of benzene rings is 2. The van der Waals surface area contributed by atoms with Crippen molar-refractivity contribution in [1.82, 2.24) is 9.34 Å². The standard InChI is InChI=1S/C14H19N2O2P/c1-15(2)19(18,16(3)4)13-10-9-11-7-5-6-8-12(11)14(13)17/h5-10,17H,1-4H3. The third kappa shape index (κ3) is 2.16. The van der Waals surface area contributed by atoms with Gasteiger partial charge in [0.15, 0.2) is 0 Å². The Morgan fingerprint density at radius 2 is 1.53 bits per heavy atom. The highest BCUT2D eigenvalue weighted by atomic mass is 31.2. The Balaban J connectivity index is 2.76. The van der Waals surface area contributed by atoms with Gasteiger partial charge < -0.3 is 5.11 Å². The number of phenols is 1. The lowest BCUT2D eigenvalue weighted by molar-refractivity contribution is 0.452. The van der Waals surface area contributed by atoms with Crippen LogP contribution in [0.5, 0.6) is 5.75 Å². The topological polar surface area (TPSA) is 43.8 Å². The molecule has 4 nitrogen and oxygen atoms in total. The van der Waals surface area contributed by atoms with Gasteiger partial charge in [-0.05, 0) is 39.6 Å². The molecule has 2 rings (SSSR count). The normalized spacial score (nSPS) is 12.5. The van der Waals surface area contributed by atoms with E-state index in [0.717, 1.165) is 10.8 Å². The number of aromatic hydroxyl groups is 1. The first-order valence-electron chi connectivity index (χ1n) is 6.06. The van der Waals surface area contributed by atoms with Gasteiger partial charge in [-0.2, -0.15) is 0 Å². The summed E-state index contributed by atoms with van der Waals surface area (Å²) in [5.74, 6) is 0.101. The summed E-state index contributed by atoms with van der Waals surface area (Å²) in [4.78, 5) is 0. The highest BCUT2D eigenvalue weighted by molar-refractivity contribution is 7.67. The van der Waals surface area contributed by atoms with Gasteiger partial charge in [0.2, 0.25) is 7.44 Å². The summed E-state index contributed by atoms with van der Waals surface area (Å²) in [6.07, 6.45) is 0. The van der Waals surface area contributed by atoms with Crippen LogP contribution in [0.25, 0.3) is 10.8 Å². The van der Waals surface area contributed by atoms with Crippen molar-refractivity contribution in [1.29, 1.82) is 0 Å². The molecule has 0 radical (unpaired) electrons. The van der Waals surface area contributed by atoms with E-state index in [1.165, 1.54) is 0 Å². The molecule has 102 valence electrons. The van der Waals surface area contributed by atoms with Crippen molar-refractivity contribution >= 4 is 23.5 Å². The van der Waals surface area contributed by atoms with Crippen LogP contribution in [0.2, 0.25) is 0 Å². The van der Waals surface area contributed by atoms with Gasteiger partial charge in [0.05, 0.1) is 5.30 Å². The summed E-state index contributed by atoms with van der Waals surface area (Å²) < 4.78 is 16.5. The van der Waals surface area contributed by atoms with Crippen LogP contribution < -0.4 is 5.30 Å². The average Bonchev–Trinajstić information content (AvgIpc) is 2.38. The molecule has 0 aromatic heterocycles. The highest BCUT2D eigenvalue weighted by Crippen LogP contribution is 2.51. The Morgan fingerprint density at radius 1 is 0.947 bits per heavy atom. The molecule has 0 unspecified atom stereocenters. The SMILES string of the molecule is CN(C)P(=O)(c1ccc2ccccc2c1O)N(C)C. The van der Waals surface area contributed by atoms with Gasteiger partial charge in [-0.15, -0.1) is 0 Å². The number of hydrogen-bond donors (Lipinski definition) is 1. The van der Waals surface area contributed by atoms with Gasteiger partial charge >= 0.3 is 0 Å². The van der Waals surface area contributed by atoms with Crippen LogP contribution in [-0.4, -0.2) is 42.6 Å². The van der Waals surface area contributed by atoms with Crippen LogP contribution >= 0.6 is 7.44 Å². The quantitative estimate of drug-likeness (QED) is 0.876. The lowest BCUT2D eigenvalue weighted by Gasteiger charge is -2.31. The number of rotatable bonds is 3. The van der Waals surface area contributed by atoms with E-state index in [9.17, 15) is 9.67 Å². The second kappa shape index (κ2) is 4.97. The molecule has 5 heteroatoms. The van der Waals surface area contributed by atoms with Crippen LogP contribution in [0.1, 0.15) is 0 Å². The molecule has 0 aliphatic rings. The summed E-state index contributed by atoms with van der Waals surface area (Å²) in [6, 6.07) is 11.2. The average molecular weight is 278 g/mol. The van der Waals surface area contributed by atoms with E-state index in [-0.39, 0.29) is 5.75 Å². The fourth-order valence-electron chi connectivity index (χ4n) is 2.27. The lowest BCUT2D eigenvalue weighted by Crippen LogP contribution is -2.28. The zero-order valence-corrected chi connectivity index (χ0v) is 12.6. The van der Waals surface area contributed by atoms with Crippen LogP contribution in [0.4, 0.5) is 0 Å². The van der Waals surface area contributed by atoms with Crippen molar-refractivity contribution in [3.05, 3.63) is 36.4 Å². The molecule has 19 heavy (non-hydrogen) atoms. The largest absolute Gasteiger partial charge is 0.506 e. The summed E-state index contributed by atoms with van der Waals surface area (Å²) in [5, 5.41) is 12.6. The molecule has 0 saturated heterocycles. The second-order valence-electron chi connectivity index (χ2n) is 4.89. The molecule has 0 heterocycles. The van der Waals surface area contributed by atoms with Crippen LogP contribution in [0.15, 0.2) is 36.4 Å². The zero-order valence-electron chi connectivity index (χ0n) is 11.7. The van der Waals surface area contributed by atoms with E-state index in [1.807, 2.05) is 30.3 Å². The lowest BCUT2D eigenvalue weighted by atomic mass is 10.1. The Morgan fingerprint density at radius 3 is 2.11 bits per heavy atom. The minimum atomic E-state index is -2.94. The fourth-order valence-corrected chi connectivity index (χ4v) is 4.51. The summed E-state index contributed by atoms with van der Waals surface area (Å²) in [5.41, 5.74) is 0. The molecule has 0 aliphatic heterocycles. The van der Waals surface area contributed by atoms with E-state index in [1.54, 1.807) is 43.6 Å². The Bertz CT molecular complexity index is 641. The molecule has 0 amide bonds. The molecule has 2 aromatic rings. The van der Waals surface area contributed by atoms with Crippen molar-refractivity contribution in [2.24, 2.45) is 0 Å². The van der Waals surface area contributed by atoms with E-state index < -0.39 is 7.44 Å². The number of hydrogen-bond acceptors (Lipinski definition) is 2. The molecule has 1 N–H and O–H groups in total. The zero-order chi connectivity index (χ0) is 14.2. The first-order chi connectivity index (χ1) is 8.89. The molecule has 0 fully saturated rings. The summed E-state index contributed by atoms with van der Waals surface area (Å²) in [7, 11) is 4.10. The predicted molar refractivity (Wildman–Crippen MR) is 80.2 cm³/mol. The number of nitrogens with zero attached hydrogens (tertiary/aromatic N) is 2. The van der Waals surface area contributed by atoms with Crippen molar-refractivity contribution in [2.75, 3.05) is 28.2 Å². The van der Waals surface area contributed by atoms with Gasteiger partial charge in [-0.3, -0.25) is 4.57 Å².